The maximum atomic E-state index is 13.3. The van der Waals surface area contributed by atoms with Crippen LogP contribution in [0.2, 0.25) is 0 Å². The van der Waals surface area contributed by atoms with Gasteiger partial charge in [0.2, 0.25) is 0 Å². The SMILES string of the molecule is CN=C(NCc1cc(F)cc(F)c1)NC1C2CCOC2C12CCCC2.I. The molecule has 2 N–H and O–H groups in total. The molecule has 3 aliphatic rings. The number of nitrogens with one attached hydrogen (secondary N) is 2. The Kier molecular flexibility index (Phi) is 6.06. The van der Waals surface area contributed by atoms with Crippen LogP contribution < -0.4 is 10.6 Å². The number of guanidine groups is 1. The van der Waals surface area contributed by atoms with Crippen LogP contribution in [0, 0.1) is 23.0 Å². The molecule has 0 amide bonds. The van der Waals surface area contributed by atoms with Gasteiger partial charge in [-0.3, -0.25) is 4.99 Å². The highest BCUT2D eigenvalue weighted by molar-refractivity contribution is 14.0. The lowest BCUT2D eigenvalue weighted by atomic mass is 9.54. The van der Waals surface area contributed by atoms with Crippen molar-refractivity contribution in [1.29, 1.82) is 0 Å². The number of aliphatic imine (C=N–C) groups is 1. The van der Waals surface area contributed by atoms with Gasteiger partial charge in [0.25, 0.3) is 0 Å². The molecule has 3 atom stereocenters. The minimum atomic E-state index is -0.561. The first kappa shape index (κ1) is 19.8. The molecule has 0 bridgehead atoms. The van der Waals surface area contributed by atoms with Gasteiger partial charge in [-0.1, -0.05) is 12.8 Å². The Bertz CT molecular complexity index is 658. The van der Waals surface area contributed by atoms with E-state index < -0.39 is 11.6 Å². The van der Waals surface area contributed by atoms with Crippen LogP contribution in [0.3, 0.4) is 0 Å². The molecule has 3 fully saturated rings. The first-order valence-corrected chi connectivity index (χ1v) is 9.16. The maximum Gasteiger partial charge on any atom is 0.191 e. The molecule has 1 spiro atoms. The number of halogens is 3. The van der Waals surface area contributed by atoms with Crippen LogP contribution in [-0.4, -0.2) is 31.8 Å². The zero-order valence-corrected chi connectivity index (χ0v) is 17.3. The van der Waals surface area contributed by atoms with E-state index in [1.807, 2.05) is 0 Å². The molecule has 1 heterocycles. The van der Waals surface area contributed by atoms with Crippen molar-refractivity contribution >= 4 is 29.9 Å². The van der Waals surface area contributed by atoms with Crippen LogP contribution in [0.5, 0.6) is 0 Å². The first-order chi connectivity index (χ1) is 12.1. The molecule has 0 radical (unpaired) electrons. The zero-order chi connectivity index (χ0) is 17.4. The Morgan fingerprint density at radius 3 is 2.58 bits per heavy atom. The van der Waals surface area contributed by atoms with Crippen molar-refractivity contribution in [2.45, 2.75) is 50.8 Å². The van der Waals surface area contributed by atoms with E-state index in [0.717, 1.165) is 19.1 Å². The summed E-state index contributed by atoms with van der Waals surface area (Å²) in [4.78, 5) is 4.30. The molecule has 26 heavy (non-hydrogen) atoms. The molecular weight excluding hydrogens is 451 g/mol. The second-order valence-corrected chi connectivity index (χ2v) is 7.51. The fourth-order valence-electron chi connectivity index (χ4n) is 5.14. The normalized spacial score (nSPS) is 29.0. The summed E-state index contributed by atoms with van der Waals surface area (Å²) < 4.78 is 32.7. The average molecular weight is 477 g/mol. The highest BCUT2D eigenvalue weighted by Crippen LogP contribution is 2.60. The van der Waals surface area contributed by atoms with Gasteiger partial charge in [-0.15, -0.1) is 24.0 Å². The number of ether oxygens (including phenoxy) is 1. The molecule has 3 unspecified atom stereocenters. The lowest BCUT2D eigenvalue weighted by Gasteiger charge is -2.57. The predicted octanol–water partition coefficient (Wildman–Crippen LogP) is 3.60. The van der Waals surface area contributed by atoms with Gasteiger partial charge in [-0.05, 0) is 37.0 Å². The molecule has 2 saturated carbocycles. The standard InChI is InChI=1S/C19H25F2N3O.HI/c1-22-18(23-11-12-8-13(20)10-14(21)9-12)24-16-15-4-7-25-17(15)19(16)5-2-3-6-19;/h8-10,15-17H,2-7,11H2,1H3,(H2,22,23,24);1H. The topological polar surface area (TPSA) is 45.7 Å². The van der Waals surface area contributed by atoms with Crippen molar-refractivity contribution in [1.82, 2.24) is 10.6 Å². The summed E-state index contributed by atoms with van der Waals surface area (Å²) in [5.41, 5.74) is 0.802. The number of hydrogen-bond acceptors (Lipinski definition) is 2. The van der Waals surface area contributed by atoms with Crippen molar-refractivity contribution in [2.24, 2.45) is 16.3 Å². The summed E-state index contributed by atoms with van der Waals surface area (Å²) in [6.45, 7) is 1.18. The van der Waals surface area contributed by atoms with E-state index in [9.17, 15) is 8.78 Å². The number of hydrogen-bond donors (Lipinski definition) is 2. The monoisotopic (exact) mass is 477 g/mol. The van der Waals surface area contributed by atoms with E-state index in [1.165, 1.54) is 37.8 Å². The van der Waals surface area contributed by atoms with Gasteiger partial charge < -0.3 is 15.4 Å². The maximum absolute atomic E-state index is 13.3. The minimum absolute atomic E-state index is 0. The Morgan fingerprint density at radius 1 is 1.23 bits per heavy atom. The quantitative estimate of drug-likeness (QED) is 0.398. The van der Waals surface area contributed by atoms with E-state index in [0.29, 0.717) is 36.1 Å². The van der Waals surface area contributed by atoms with E-state index in [-0.39, 0.29) is 29.4 Å². The molecule has 1 saturated heterocycles. The van der Waals surface area contributed by atoms with E-state index in [2.05, 4.69) is 15.6 Å². The summed E-state index contributed by atoms with van der Waals surface area (Å²) in [5, 5.41) is 6.77. The van der Waals surface area contributed by atoms with E-state index >= 15 is 0 Å². The van der Waals surface area contributed by atoms with Crippen molar-refractivity contribution in [3.8, 4) is 0 Å². The second-order valence-electron chi connectivity index (χ2n) is 7.51. The molecule has 4 rings (SSSR count). The Morgan fingerprint density at radius 2 is 1.92 bits per heavy atom. The van der Waals surface area contributed by atoms with E-state index in [4.69, 9.17) is 4.74 Å². The number of fused-ring (bicyclic) bond motifs is 2. The van der Waals surface area contributed by atoms with Crippen LogP contribution in [0.4, 0.5) is 8.78 Å². The Balaban J connectivity index is 0.00000196. The summed E-state index contributed by atoms with van der Waals surface area (Å²) >= 11 is 0. The van der Waals surface area contributed by atoms with Crippen LogP contribution >= 0.6 is 24.0 Å². The van der Waals surface area contributed by atoms with Crippen molar-refractivity contribution in [3.63, 3.8) is 0 Å². The third-order valence-corrected chi connectivity index (χ3v) is 6.18. The summed E-state index contributed by atoms with van der Waals surface area (Å²) in [5.74, 6) is 0.110. The highest BCUT2D eigenvalue weighted by atomic mass is 127. The van der Waals surface area contributed by atoms with Crippen molar-refractivity contribution in [2.75, 3.05) is 13.7 Å². The lowest BCUT2D eigenvalue weighted by molar-refractivity contribution is -0.125. The predicted molar refractivity (Wildman–Crippen MR) is 108 cm³/mol. The molecule has 1 aliphatic heterocycles. The van der Waals surface area contributed by atoms with Crippen LogP contribution in [0.1, 0.15) is 37.7 Å². The van der Waals surface area contributed by atoms with Gasteiger partial charge in [0.1, 0.15) is 11.6 Å². The first-order valence-electron chi connectivity index (χ1n) is 9.16. The largest absolute Gasteiger partial charge is 0.377 e. The van der Waals surface area contributed by atoms with Gasteiger partial charge in [-0.25, -0.2) is 8.78 Å². The van der Waals surface area contributed by atoms with Gasteiger partial charge in [0, 0.05) is 43.6 Å². The number of benzene rings is 1. The zero-order valence-electron chi connectivity index (χ0n) is 14.9. The summed E-state index contributed by atoms with van der Waals surface area (Å²) in [6.07, 6.45) is 6.42. The lowest BCUT2D eigenvalue weighted by Crippen LogP contribution is -2.69. The third kappa shape index (κ3) is 3.44. The number of rotatable bonds is 3. The van der Waals surface area contributed by atoms with Crippen LogP contribution in [0.15, 0.2) is 23.2 Å². The number of nitrogens with zero attached hydrogens (tertiary/aromatic N) is 1. The van der Waals surface area contributed by atoms with Crippen molar-refractivity contribution < 1.29 is 13.5 Å². The molecular formula is C19H26F2IN3O. The molecule has 4 nitrogen and oxygen atoms in total. The van der Waals surface area contributed by atoms with Crippen molar-refractivity contribution in [3.05, 3.63) is 35.4 Å². The molecule has 1 aromatic carbocycles. The molecule has 7 heteroatoms. The van der Waals surface area contributed by atoms with E-state index in [1.54, 1.807) is 7.05 Å². The van der Waals surface area contributed by atoms with Gasteiger partial charge in [-0.2, -0.15) is 0 Å². The molecule has 144 valence electrons. The molecule has 1 aromatic rings. The van der Waals surface area contributed by atoms with Gasteiger partial charge in [0.15, 0.2) is 5.96 Å². The molecule has 0 aromatic heterocycles. The molecule has 2 aliphatic carbocycles. The fourth-order valence-corrected chi connectivity index (χ4v) is 5.14. The minimum Gasteiger partial charge on any atom is -0.377 e. The summed E-state index contributed by atoms with van der Waals surface area (Å²) in [6, 6.07) is 3.94. The second kappa shape index (κ2) is 7.96. The average Bonchev–Trinajstić information content (AvgIpc) is 3.22. The Hall–Kier alpha value is -0.960. The summed E-state index contributed by atoms with van der Waals surface area (Å²) in [7, 11) is 1.73. The van der Waals surface area contributed by atoms with Crippen LogP contribution in [0.25, 0.3) is 0 Å². The third-order valence-electron chi connectivity index (χ3n) is 6.18. The van der Waals surface area contributed by atoms with Gasteiger partial charge >= 0.3 is 0 Å². The fraction of sp³-hybridized carbons (Fsp3) is 0.632. The van der Waals surface area contributed by atoms with Crippen LogP contribution in [-0.2, 0) is 11.3 Å². The van der Waals surface area contributed by atoms with Gasteiger partial charge in [0.05, 0.1) is 6.10 Å². The Labute approximate surface area is 170 Å². The highest BCUT2D eigenvalue weighted by Gasteiger charge is 2.65. The smallest absolute Gasteiger partial charge is 0.191 e.